The van der Waals surface area contributed by atoms with Crippen LogP contribution in [0.5, 0.6) is 5.75 Å². The van der Waals surface area contributed by atoms with Crippen molar-refractivity contribution >= 4 is 5.82 Å². The van der Waals surface area contributed by atoms with Gasteiger partial charge in [-0.05, 0) is 56.3 Å². The Hall–Kier alpha value is -2.21. The maximum Gasteiger partial charge on any atom is 0.133 e. The van der Waals surface area contributed by atoms with Crippen LogP contribution in [0.25, 0.3) is 11.3 Å². The molecule has 0 atom stereocenters. The van der Waals surface area contributed by atoms with Crippen LogP contribution in [0.1, 0.15) is 37.2 Å². The normalized spacial score (nSPS) is 18.4. The standard InChI is InChI=1S/C18H23N5O/c1-24-17-9-18(22-14-4-6-19-7-5-14)20-11-15(17)16-8-13(10-21-23-16)12-2-3-12/h8-12,14,19H,2-7H2,1H3,(H,20,22). The summed E-state index contributed by atoms with van der Waals surface area (Å²) in [5.41, 5.74) is 2.99. The van der Waals surface area contributed by atoms with Crippen molar-refractivity contribution in [3.8, 4) is 17.0 Å². The summed E-state index contributed by atoms with van der Waals surface area (Å²) in [6.07, 6.45) is 8.43. The summed E-state index contributed by atoms with van der Waals surface area (Å²) < 4.78 is 5.59. The lowest BCUT2D eigenvalue weighted by Crippen LogP contribution is -2.35. The molecule has 6 heteroatoms. The van der Waals surface area contributed by atoms with Crippen LogP contribution in [0, 0.1) is 0 Å². The van der Waals surface area contributed by atoms with E-state index in [9.17, 15) is 0 Å². The Morgan fingerprint density at radius 1 is 1.12 bits per heavy atom. The first-order chi connectivity index (χ1) is 11.8. The van der Waals surface area contributed by atoms with Gasteiger partial charge in [0.25, 0.3) is 0 Å². The van der Waals surface area contributed by atoms with E-state index in [1.54, 1.807) is 7.11 Å². The maximum absolute atomic E-state index is 5.59. The van der Waals surface area contributed by atoms with Crippen molar-refractivity contribution in [1.29, 1.82) is 0 Å². The molecule has 2 aromatic rings. The number of hydrogen-bond acceptors (Lipinski definition) is 6. The Morgan fingerprint density at radius 3 is 2.71 bits per heavy atom. The van der Waals surface area contributed by atoms with Gasteiger partial charge in [-0.3, -0.25) is 0 Å². The number of aromatic nitrogens is 3. The number of piperidine rings is 1. The Labute approximate surface area is 142 Å². The Morgan fingerprint density at radius 2 is 1.96 bits per heavy atom. The third-order valence-corrected chi connectivity index (χ3v) is 4.78. The highest BCUT2D eigenvalue weighted by Crippen LogP contribution is 2.41. The molecule has 1 aliphatic carbocycles. The van der Waals surface area contributed by atoms with Gasteiger partial charge in [0.1, 0.15) is 11.6 Å². The molecule has 1 saturated heterocycles. The fraction of sp³-hybridized carbons (Fsp3) is 0.500. The van der Waals surface area contributed by atoms with E-state index < -0.39 is 0 Å². The highest BCUT2D eigenvalue weighted by molar-refractivity contribution is 5.68. The largest absolute Gasteiger partial charge is 0.496 e. The Balaban J connectivity index is 1.58. The molecule has 2 fully saturated rings. The predicted octanol–water partition coefficient (Wildman–Crippen LogP) is 2.59. The van der Waals surface area contributed by atoms with E-state index in [1.165, 1.54) is 18.4 Å². The summed E-state index contributed by atoms with van der Waals surface area (Å²) in [6, 6.07) is 4.54. The van der Waals surface area contributed by atoms with Crippen molar-refractivity contribution in [2.45, 2.75) is 37.6 Å². The average molecular weight is 325 g/mol. The lowest BCUT2D eigenvalue weighted by Gasteiger charge is -2.24. The maximum atomic E-state index is 5.59. The van der Waals surface area contributed by atoms with E-state index in [1.807, 2.05) is 18.5 Å². The monoisotopic (exact) mass is 325 g/mol. The SMILES string of the molecule is COc1cc(NC2CCNCC2)ncc1-c1cc(C2CC2)cnn1. The summed E-state index contributed by atoms with van der Waals surface area (Å²) >= 11 is 0. The number of methoxy groups -OCH3 is 1. The molecule has 0 bridgehead atoms. The van der Waals surface area contributed by atoms with Crippen LogP contribution in [0.3, 0.4) is 0 Å². The van der Waals surface area contributed by atoms with Crippen molar-refractivity contribution in [2.24, 2.45) is 0 Å². The minimum Gasteiger partial charge on any atom is -0.496 e. The molecule has 3 heterocycles. The fourth-order valence-electron chi connectivity index (χ4n) is 3.21. The van der Waals surface area contributed by atoms with Crippen LogP contribution < -0.4 is 15.4 Å². The molecule has 0 spiro atoms. The topological polar surface area (TPSA) is 72.0 Å². The molecule has 0 radical (unpaired) electrons. The molecule has 1 aliphatic heterocycles. The van der Waals surface area contributed by atoms with Gasteiger partial charge in [0.05, 0.1) is 24.6 Å². The van der Waals surface area contributed by atoms with Gasteiger partial charge in [0.15, 0.2) is 0 Å². The lowest BCUT2D eigenvalue weighted by atomic mass is 10.1. The van der Waals surface area contributed by atoms with Gasteiger partial charge in [-0.1, -0.05) is 0 Å². The number of pyridine rings is 1. The zero-order valence-electron chi connectivity index (χ0n) is 14.0. The molecule has 24 heavy (non-hydrogen) atoms. The molecule has 0 aromatic carbocycles. The van der Waals surface area contributed by atoms with E-state index in [4.69, 9.17) is 4.74 Å². The summed E-state index contributed by atoms with van der Waals surface area (Å²) in [5.74, 6) is 2.29. The molecule has 2 aliphatic rings. The fourth-order valence-corrected chi connectivity index (χ4v) is 3.21. The number of hydrogen-bond donors (Lipinski definition) is 2. The number of rotatable bonds is 5. The second-order valence-electron chi connectivity index (χ2n) is 6.59. The van der Waals surface area contributed by atoms with Crippen LogP contribution in [-0.2, 0) is 0 Å². The molecule has 0 amide bonds. The molecule has 2 aromatic heterocycles. The van der Waals surface area contributed by atoms with Crippen LogP contribution >= 0.6 is 0 Å². The van der Waals surface area contributed by atoms with Gasteiger partial charge in [-0.2, -0.15) is 10.2 Å². The lowest BCUT2D eigenvalue weighted by molar-refractivity contribution is 0.415. The first kappa shape index (κ1) is 15.3. The summed E-state index contributed by atoms with van der Waals surface area (Å²) in [6.45, 7) is 2.10. The van der Waals surface area contributed by atoms with Crippen molar-refractivity contribution in [2.75, 3.05) is 25.5 Å². The summed E-state index contributed by atoms with van der Waals surface area (Å²) in [7, 11) is 1.69. The third-order valence-electron chi connectivity index (χ3n) is 4.78. The third kappa shape index (κ3) is 3.33. The highest BCUT2D eigenvalue weighted by atomic mass is 16.5. The molecular formula is C18H23N5O. The van der Waals surface area contributed by atoms with Gasteiger partial charge < -0.3 is 15.4 Å². The number of nitrogens with one attached hydrogen (secondary N) is 2. The highest BCUT2D eigenvalue weighted by Gasteiger charge is 2.25. The average Bonchev–Trinajstić information content (AvgIpc) is 3.48. The van der Waals surface area contributed by atoms with Crippen molar-refractivity contribution in [1.82, 2.24) is 20.5 Å². The Bertz CT molecular complexity index is 710. The van der Waals surface area contributed by atoms with Crippen LogP contribution in [0.15, 0.2) is 24.5 Å². The number of nitrogens with zero attached hydrogens (tertiary/aromatic N) is 3. The summed E-state index contributed by atoms with van der Waals surface area (Å²) in [4.78, 5) is 4.57. The molecule has 0 unspecified atom stereocenters. The molecule has 4 rings (SSSR count). The van der Waals surface area contributed by atoms with Gasteiger partial charge in [-0.25, -0.2) is 4.98 Å². The minimum absolute atomic E-state index is 0.465. The van der Waals surface area contributed by atoms with Crippen LogP contribution in [0.2, 0.25) is 0 Å². The number of anilines is 1. The van der Waals surface area contributed by atoms with Gasteiger partial charge in [0, 0.05) is 18.3 Å². The van der Waals surface area contributed by atoms with E-state index in [0.717, 1.165) is 48.8 Å². The second kappa shape index (κ2) is 6.73. The summed E-state index contributed by atoms with van der Waals surface area (Å²) in [5, 5.41) is 15.3. The first-order valence-electron chi connectivity index (χ1n) is 8.68. The van der Waals surface area contributed by atoms with Crippen molar-refractivity contribution in [3.05, 3.63) is 30.1 Å². The molecule has 1 saturated carbocycles. The zero-order chi connectivity index (χ0) is 16.4. The number of ether oxygens (including phenoxy) is 1. The molecule has 126 valence electrons. The van der Waals surface area contributed by atoms with Gasteiger partial charge in [-0.15, -0.1) is 0 Å². The molecule has 2 N–H and O–H groups in total. The quantitative estimate of drug-likeness (QED) is 0.880. The van der Waals surface area contributed by atoms with Crippen LogP contribution in [0.4, 0.5) is 5.82 Å². The van der Waals surface area contributed by atoms with Crippen LogP contribution in [-0.4, -0.2) is 41.4 Å². The van der Waals surface area contributed by atoms with E-state index in [-0.39, 0.29) is 0 Å². The second-order valence-corrected chi connectivity index (χ2v) is 6.59. The van der Waals surface area contributed by atoms with Gasteiger partial charge >= 0.3 is 0 Å². The molecule has 6 nitrogen and oxygen atoms in total. The van der Waals surface area contributed by atoms with E-state index >= 15 is 0 Å². The first-order valence-corrected chi connectivity index (χ1v) is 8.68. The Kier molecular flexibility index (Phi) is 4.30. The van der Waals surface area contributed by atoms with Gasteiger partial charge in [0.2, 0.25) is 0 Å². The minimum atomic E-state index is 0.465. The van der Waals surface area contributed by atoms with Crippen molar-refractivity contribution in [3.63, 3.8) is 0 Å². The predicted molar refractivity (Wildman–Crippen MR) is 93.3 cm³/mol. The van der Waals surface area contributed by atoms with E-state index in [0.29, 0.717) is 12.0 Å². The molecular weight excluding hydrogens is 302 g/mol. The smallest absolute Gasteiger partial charge is 0.133 e. The zero-order valence-corrected chi connectivity index (χ0v) is 14.0. The van der Waals surface area contributed by atoms with Crippen molar-refractivity contribution < 1.29 is 4.74 Å². The van der Waals surface area contributed by atoms with E-state index in [2.05, 4.69) is 31.9 Å².